The van der Waals surface area contributed by atoms with Crippen molar-refractivity contribution in [2.75, 3.05) is 13.4 Å². The highest BCUT2D eigenvalue weighted by Gasteiger charge is 2.35. The minimum atomic E-state index is -3.67. The Labute approximate surface area is 157 Å². The molecule has 1 aliphatic rings. The van der Waals surface area contributed by atoms with Gasteiger partial charge in [0.15, 0.2) is 0 Å². The molecule has 3 atom stereocenters. The van der Waals surface area contributed by atoms with Gasteiger partial charge in [-0.3, -0.25) is 4.79 Å². The average molecular weight is 392 g/mol. The molecule has 2 N–H and O–H groups in total. The van der Waals surface area contributed by atoms with Crippen LogP contribution in [0.5, 0.6) is 0 Å². The van der Waals surface area contributed by atoms with Gasteiger partial charge in [0.05, 0.1) is 12.3 Å². The van der Waals surface area contributed by atoms with Gasteiger partial charge in [-0.1, -0.05) is 36.4 Å². The summed E-state index contributed by atoms with van der Waals surface area (Å²) in [6.07, 6.45) is 1.23. The molecule has 0 saturated heterocycles. The molecule has 1 amide bonds. The van der Waals surface area contributed by atoms with Crippen LogP contribution in [-0.4, -0.2) is 33.7 Å². The fraction of sp³-hybridized carbons (Fsp3) is 0.316. The Balaban J connectivity index is 1.83. The third-order valence-electron chi connectivity index (χ3n) is 4.55. The maximum Gasteiger partial charge on any atom is 0.243 e. The van der Waals surface area contributed by atoms with Gasteiger partial charge < -0.3 is 10.1 Å². The van der Waals surface area contributed by atoms with Crippen LogP contribution < -0.4 is 10.0 Å². The Hall–Kier alpha value is -2.29. The number of hydrogen-bond acceptors (Lipinski definition) is 4. The van der Waals surface area contributed by atoms with E-state index >= 15 is 0 Å². The van der Waals surface area contributed by atoms with Crippen LogP contribution in [0.4, 0.5) is 4.39 Å². The lowest BCUT2D eigenvalue weighted by Crippen LogP contribution is -2.45. The predicted molar refractivity (Wildman–Crippen MR) is 98.9 cm³/mol. The van der Waals surface area contributed by atoms with Crippen molar-refractivity contribution >= 4 is 15.9 Å². The van der Waals surface area contributed by atoms with Crippen molar-refractivity contribution in [1.29, 1.82) is 0 Å². The molecule has 1 aliphatic carbocycles. The maximum absolute atomic E-state index is 13.2. The molecule has 2 aromatic rings. The van der Waals surface area contributed by atoms with Crippen LogP contribution in [0.15, 0.2) is 48.5 Å². The Morgan fingerprint density at radius 2 is 1.85 bits per heavy atom. The molecule has 27 heavy (non-hydrogen) atoms. The quantitative estimate of drug-likeness (QED) is 0.786. The van der Waals surface area contributed by atoms with Crippen molar-refractivity contribution < 1.29 is 22.3 Å². The van der Waals surface area contributed by atoms with E-state index in [2.05, 4.69) is 10.0 Å². The largest absolute Gasteiger partial charge is 0.375 e. The topological polar surface area (TPSA) is 84.5 Å². The van der Waals surface area contributed by atoms with E-state index in [1.54, 1.807) is 7.11 Å². The molecule has 0 unspecified atom stereocenters. The summed E-state index contributed by atoms with van der Waals surface area (Å²) < 4.78 is 44.5. The van der Waals surface area contributed by atoms with E-state index in [0.717, 1.165) is 17.4 Å². The highest BCUT2D eigenvalue weighted by atomic mass is 32.2. The first-order valence-corrected chi connectivity index (χ1v) is 10.3. The van der Waals surface area contributed by atoms with Crippen LogP contribution in [0.3, 0.4) is 0 Å². The number of rotatable bonds is 6. The lowest BCUT2D eigenvalue weighted by atomic mass is 10.1. The van der Waals surface area contributed by atoms with Gasteiger partial charge in [-0.2, -0.15) is 4.72 Å². The summed E-state index contributed by atoms with van der Waals surface area (Å²) in [6.45, 7) is 0. The third kappa shape index (κ3) is 4.52. The summed E-state index contributed by atoms with van der Waals surface area (Å²) in [5.74, 6) is -0.991. The lowest BCUT2D eigenvalue weighted by molar-refractivity contribution is -0.124. The van der Waals surface area contributed by atoms with Gasteiger partial charge in [0.2, 0.25) is 15.9 Å². The van der Waals surface area contributed by atoms with Crippen molar-refractivity contribution in [3.8, 4) is 0 Å². The monoisotopic (exact) mass is 392 g/mol. The number of nitrogens with one attached hydrogen (secondary N) is 2. The van der Waals surface area contributed by atoms with Gasteiger partial charge in [-0.15, -0.1) is 0 Å². The Morgan fingerprint density at radius 1 is 1.19 bits per heavy atom. The molecular weight excluding hydrogens is 371 g/mol. The second-order valence-electron chi connectivity index (χ2n) is 6.55. The first kappa shape index (κ1) is 19.5. The molecule has 3 rings (SSSR count). The van der Waals surface area contributed by atoms with Gasteiger partial charge >= 0.3 is 0 Å². The maximum atomic E-state index is 13.2. The van der Waals surface area contributed by atoms with E-state index in [0.29, 0.717) is 12.0 Å². The van der Waals surface area contributed by atoms with Crippen molar-refractivity contribution in [1.82, 2.24) is 10.0 Å². The molecule has 0 bridgehead atoms. The molecule has 0 spiro atoms. The highest BCUT2D eigenvalue weighted by Crippen LogP contribution is 2.34. The highest BCUT2D eigenvalue weighted by molar-refractivity contribution is 7.88. The van der Waals surface area contributed by atoms with Crippen molar-refractivity contribution in [3.63, 3.8) is 0 Å². The number of halogens is 1. The number of fused-ring (bicyclic) bond motifs is 1. The third-order valence-corrected chi connectivity index (χ3v) is 5.21. The van der Waals surface area contributed by atoms with Gasteiger partial charge in [0, 0.05) is 7.11 Å². The summed E-state index contributed by atoms with van der Waals surface area (Å²) in [5.41, 5.74) is 2.42. The molecule has 0 fully saturated rings. The molecule has 0 aliphatic heterocycles. The number of ether oxygens (including phenoxy) is 1. The molecule has 0 heterocycles. The summed E-state index contributed by atoms with van der Waals surface area (Å²) in [6, 6.07) is 11.4. The van der Waals surface area contributed by atoms with Crippen LogP contribution in [0.25, 0.3) is 0 Å². The second kappa shape index (κ2) is 7.75. The predicted octanol–water partition coefficient (Wildman–Crippen LogP) is 1.84. The van der Waals surface area contributed by atoms with E-state index in [-0.39, 0.29) is 12.1 Å². The van der Waals surface area contributed by atoms with Crippen LogP contribution in [0, 0.1) is 5.82 Å². The summed E-state index contributed by atoms with van der Waals surface area (Å²) >= 11 is 0. The molecule has 0 saturated carbocycles. The smallest absolute Gasteiger partial charge is 0.243 e. The molecular formula is C19H21FN2O4S. The molecule has 8 heteroatoms. The number of methoxy groups -OCH3 is 1. The summed E-state index contributed by atoms with van der Waals surface area (Å²) in [7, 11) is -2.10. The fourth-order valence-electron chi connectivity index (χ4n) is 3.38. The number of benzene rings is 2. The first-order valence-electron chi connectivity index (χ1n) is 8.42. The molecule has 0 radical (unpaired) electrons. The Bertz CT molecular complexity index is 931. The zero-order valence-corrected chi connectivity index (χ0v) is 15.8. The zero-order chi connectivity index (χ0) is 19.6. The van der Waals surface area contributed by atoms with E-state index in [4.69, 9.17) is 4.74 Å². The Kier molecular flexibility index (Phi) is 5.59. The van der Waals surface area contributed by atoms with Crippen LogP contribution in [0.1, 0.15) is 28.8 Å². The Morgan fingerprint density at radius 3 is 2.48 bits per heavy atom. The number of hydrogen-bond donors (Lipinski definition) is 2. The van der Waals surface area contributed by atoms with Crippen molar-refractivity contribution in [2.24, 2.45) is 0 Å². The van der Waals surface area contributed by atoms with E-state index in [1.165, 1.54) is 24.3 Å². The van der Waals surface area contributed by atoms with Gasteiger partial charge in [-0.05, 0) is 35.2 Å². The molecule has 6 nitrogen and oxygen atoms in total. The number of carbonyl (C=O) groups excluding carboxylic acids is 1. The fourth-order valence-corrected chi connectivity index (χ4v) is 4.06. The first-order chi connectivity index (χ1) is 12.8. The number of sulfonamides is 1. The normalized spacial score (nSPS) is 20.1. The second-order valence-corrected chi connectivity index (χ2v) is 8.33. The molecule has 144 valence electrons. The van der Waals surface area contributed by atoms with Gasteiger partial charge in [0.1, 0.15) is 18.0 Å². The standard InChI is InChI=1S/C19H21FN2O4S/c1-26-18-15-6-4-3-5-13(15)11-16(18)21-19(23)17(22-27(2,24)25)12-7-9-14(20)10-8-12/h3-10,16-18,22H,11H2,1-2H3,(H,21,23)/t16-,17+,18-/m1/s1. The minimum absolute atomic E-state index is 0.322. The van der Waals surface area contributed by atoms with E-state index < -0.39 is 27.8 Å². The van der Waals surface area contributed by atoms with E-state index in [9.17, 15) is 17.6 Å². The average Bonchev–Trinajstić information content (AvgIpc) is 2.96. The molecule has 2 aromatic carbocycles. The zero-order valence-electron chi connectivity index (χ0n) is 15.0. The number of carbonyl (C=O) groups is 1. The van der Waals surface area contributed by atoms with Gasteiger partial charge in [-0.25, -0.2) is 12.8 Å². The van der Waals surface area contributed by atoms with Crippen molar-refractivity contribution in [2.45, 2.75) is 24.6 Å². The molecule has 0 aromatic heterocycles. The van der Waals surface area contributed by atoms with Crippen LogP contribution in [-0.2, 0) is 26.0 Å². The number of amides is 1. The summed E-state index contributed by atoms with van der Waals surface area (Å²) in [5, 5.41) is 2.88. The van der Waals surface area contributed by atoms with Crippen LogP contribution in [0.2, 0.25) is 0 Å². The minimum Gasteiger partial charge on any atom is -0.375 e. The van der Waals surface area contributed by atoms with Crippen LogP contribution >= 0.6 is 0 Å². The summed E-state index contributed by atoms with van der Waals surface area (Å²) in [4.78, 5) is 12.9. The van der Waals surface area contributed by atoms with Gasteiger partial charge in [0.25, 0.3) is 0 Å². The lowest BCUT2D eigenvalue weighted by Gasteiger charge is -2.24. The van der Waals surface area contributed by atoms with E-state index in [1.807, 2.05) is 24.3 Å². The SMILES string of the molecule is CO[C@@H]1c2ccccc2C[C@H]1NC(=O)[C@@H](NS(C)(=O)=O)c1ccc(F)cc1. The van der Waals surface area contributed by atoms with Crippen molar-refractivity contribution in [3.05, 3.63) is 71.0 Å².